The number of esters is 1. The van der Waals surface area contributed by atoms with E-state index < -0.39 is 5.97 Å². The normalized spacial score (nSPS) is 10.1. The molecule has 0 bridgehead atoms. The fourth-order valence-electron chi connectivity index (χ4n) is 2.43. The molecule has 4 nitrogen and oxygen atoms in total. The number of hydrogen-bond donors (Lipinski definition) is 1. The second-order valence-electron chi connectivity index (χ2n) is 7.60. The molecule has 0 aliphatic carbocycles. The summed E-state index contributed by atoms with van der Waals surface area (Å²) in [5.74, 6) is -0.683. The zero-order valence-corrected chi connectivity index (χ0v) is 18.1. The van der Waals surface area contributed by atoms with Gasteiger partial charge in [0.2, 0.25) is 0 Å². The lowest BCUT2D eigenvalue weighted by Gasteiger charge is -2.08. The van der Waals surface area contributed by atoms with Crippen LogP contribution in [0.1, 0.15) is 98.3 Å². The van der Waals surface area contributed by atoms with E-state index in [1.54, 1.807) is 0 Å². The van der Waals surface area contributed by atoms with Gasteiger partial charge in [0.05, 0.1) is 6.61 Å². The summed E-state index contributed by atoms with van der Waals surface area (Å²) >= 11 is 0. The summed E-state index contributed by atoms with van der Waals surface area (Å²) in [4.78, 5) is 21.2. The molecule has 0 spiro atoms. The largest absolute Gasteiger partial charge is 0.478 e. The first-order valence-corrected chi connectivity index (χ1v) is 10.5. The van der Waals surface area contributed by atoms with Crippen LogP contribution in [0.15, 0.2) is 24.3 Å². The predicted molar refractivity (Wildman–Crippen MR) is 114 cm³/mol. The zero-order valence-electron chi connectivity index (χ0n) is 18.1. The van der Waals surface area contributed by atoms with Crippen molar-refractivity contribution in [1.29, 1.82) is 0 Å². The van der Waals surface area contributed by atoms with Crippen LogP contribution in [0.2, 0.25) is 0 Å². The van der Waals surface area contributed by atoms with Crippen molar-refractivity contribution < 1.29 is 19.4 Å². The number of carboxylic acids is 1. The molecule has 1 N–H and O–H groups in total. The van der Waals surface area contributed by atoms with E-state index >= 15 is 0 Å². The maximum Gasteiger partial charge on any atom is 0.333 e. The molecule has 0 aromatic rings. The van der Waals surface area contributed by atoms with Crippen molar-refractivity contribution in [3.63, 3.8) is 0 Å². The molecule has 0 rings (SSSR count). The second kappa shape index (κ2) is 19.2. The maximum atomic E-state index is 11.6. The lowest BCUT2D eigenvalue weighted by molar-refractivity contribution is -0.139. The number of hydrogen-bond acceptors (Lipinski definition) is 3. The van der Waals surface area contributed by atoms with Crippen molar-refractivity contribution in [3.8, 4) is 0 Å². The van der Waals surface area contributed by atoms with Crippen LogP contribution >= 0.6 is 0 Å². The molecule has 0 aliphatic heterocycles. The van der Waals surface area contributed by atoms with E-state index in [1.165, 1.54) is 64.7 Å². The maximum absolute atomic E-state index is 11.6. The first kappa shape index (κ1) is 27.6. The van der Waals surface area contributed by atoms with Crippen LogP contribution in [-0.2, 0) is 14.3 Å². The molecule has 0 heterocycles. The Morgan fingerprint density at radius 1 is 0.889 bits per heavy atom. The molecule has 4 heteroatoms. The van der Waals surface area contributed by atoms with Crippen molar-refractivity contribution in [2.75, 3.05) is 6.61 Å². The number of ether oxygens (including phenoxy) is 1. The molecular formula is C23H42O4. The summed E-state index contributed by atoms with van der Waals surface area (Å²) in [7, 11) is 0. The highest BCUT2D eigenvalue weighted by Crippen LogP contribution is 2.12. The third-order valence-electron chi connectivity index (χ3n) is 4.04. The molecule has 0 aliphatic rings. The fourth-order valence-corrected chi connectivity index (χ4v) is 2.43. The van der Waals surface area contributed by atoms with Crippen LogP contribution in [0.3, 0.4) is 0 Å². The average Bonchev–Trinajstić information content (AvgIpc) is 2.59. The molecule has 158 valence electrons. The molecule has 0 atom stereocenters. The van der Waals surface area contributed by atoms with Crippen LogP contribution in [0.5, 0.6) is 0 Å². The third-order valence-corrected chi connectivity index (χ3v) is 4.04. The number of carbonyl (C=O) groups is 2. The highest BCUT2D eigenvalue weighted by Gasteiger charge is 2.09. The van der Waals surface area contributed by atoms with E-state index in [4.69, 9.17) is 9.84 Å². The molecule has 0 fully saturated rings. The second-order valence-corrected chi connectivity index (χ2v) is 7.60. The van der Waals surface area contributed by atoms with Gasteiger partial charge in [0, 0.05) is 11.1 Å². The summed E-state index contributed by atoms with van der Waals surface area (Å²) in [6.45, 7) is 15.4. The molecule has 0 aromatic carbocycles. The van der Waals surface area contributed by atoms with E-state index in [1.807, 2.05) is 0 Å². The predicted octanol–water partition coefficient (Wildman–Crippen LogP) is 6.70. The molecular weight excluding hydrogens is 340 g/mol. The molecule has 27 heavy (non-hydrogen) atoms. The number of carboxylic acid groups (broad SMARTS) is 1. The van der Waals surface area contributed by atoms with E-state index in [0.29, 0.717) is 18.1 Å². The van der Waals surface area contributed by atoms with Crippen LogP contribution in [0.25, 0.3) is 0 Å². The van der Waals surface area contributed by atoms with Gasteiger partial charge in [-0.25, -0.2) is 9.59 Å². The Balaban J connectivity index is 0. The van der Waals surface area contributed by atoms with Gasteiger partial charge in [-0.3, -0.25) is 0 Å². The number of unbranched alkanes of at least 4 members (excludes halogenated alkanes) is 9. The van der Waals surface area contributed by atoms with Crippen molar-refractivity contribution in [2.24, 2.45) is 5.92 Å². The summed E-state index contributed by atoms with van der Waals surface area (Å²) in [5, 5.41) is 7.89. The quantitative estimate of drug-likeness (QED) is 0.194. The van der Waals surface area contributed by atoms with Crippen molar-refractivity contribution in [1.82, 2.24) is 0 Å². The van der Waals surface area contributed by atoms with Crippen molar-refractivity contribution >= 4 is 11.9 Å². The van der Waals surface area contributed by atoms with Gasteiger partial charge in [-0.15, -0.1) is 0 Å². The molecule has 0 amide bonds. The van der Waals surface area contributed by atoms with Gasteiger partial charge in [-0.05, 0) is 25.7 Å². The molecule has 0 aromatic heterocycles. The van der Waals surface area contributed by atoms with Gasteiger partial charge < -0.3 is 9.84 Å². The van der Waals surface area contributed by atoms with Crippen LogP contribution < -0.4 is 0 Å². The minimum atomic E-state index is -0.935. The molecule has 0 radical (unpaired) electrons. The molecule has 0 saturated carbocycles. The SMILES string of the molecule is C=C(C)C(=O)O.C=C(CC(C)C)C(=O)OCCCCCCCCCCCC. The highest BCUT2D eigenvalue weighted by atomic mass is 16.5. The Morgan fingerprint density at radius 2 is 1.30 bits per heavy atom. The Labute approximate surface area is 167 Å². The van der Waals surface area contributed by atoms with E-state index in [2.05, 4.69) is 33.9 Å². The Kier molecular flexibility index (Phi) is 19.6. The van der Waals surface area contributed by atoms with Gasteiger partial charge in [-0.2, -0.15) is 0 Å². The number of carbonyl (C=O) groups excluding carboxylic acids is 1. The van der Waals surface area contributed by atoms with Gasteiger partial charge in [0.25, 0.3) is 0 Å². The lowest BCUT2D eigenvalue weighted by Crippen LogP contribution is -2.10. The Bertz CT molecular complexity index is 412. The zero-order chi connectivity index (χ0) is 21.1. The first-order chi connectivity index (χ1) is 12.7. The van der Waals surface area contributed by atoms with Gasteiger partial charge in [0.1, 0.15) is 0 Å². The summed E-state index contributed by atoms with van der Waals surface area (Å²) in [5.41, 5.74) is 0.784. The Hall–Kier alpha value is -1.58. The number of aliphatic carboxylic acids is 1. The summed E-state index contributed by atoms with van der Waals surface area (Å²) < 4.78 is 5.24. The topological polar surface area (TPSA) is 63.6 Å². The minimum Gasteiger partial charge on any atom is -0.478 e. The first-order valence-electron chi connectivity index (χ1n) is 10.5. The van der Waals surface area contributed by atoms with Gasteiger partial charge >= 0.3 is 11.9 Å². The summed E-state index contributed by atoms with van der Waals surface area (Å²) in [6.07, 6.45) is 13.7. The summed E-state index contributed by atoms with van der Waals surface area (Å²) in [6, 6.07) is 0. The van der Waals surface area contributed by atoms with Crippen molar-refractivity contribution in [3.05, 3.63) is 24.3 Å². The average molecular weight is 383 g/mol. The smallest absolute Gasteiger partial charge is 0.333 e. The molecule has 0 saturated heterocycles. The van der Waals surface area contributed by atoms with Crippen LogP contribution in [0.4, 0.5) is 0 Å². The monoisotopic (exact) mass is 382 g/mol. The van der Waals surface area contributed by atoms with E-state index in [-0.39, 0.29) is 11.5 Å². The van der Waals surface area contributed by atoms with E-state index in [0.717, 1.165) is 12.8 Å². The van der Waals surface area contributed by atoms with Gasteiger partial charge in [-0.1, -0.05) is 91.7 Å². The van der Waals surface area contributed by atoms with Crippen molar-refractivity contribution in [2.45, 2.75) is 98.3 Å². The van der Waals surface area contributed by atoms with E-state index in [9.17, 15) is 9.59 Å². The Morgan fingerprint density at radius 3 is 1.67 bits per heavy atom. The fraction of sp³-hybridized carbons (Fsp3) is 0.739. The third kappa shape index (κ3) is 22.4. The number of rotatable bonds is 15. The molecule has 0 unspecified atom stereocenters. The minimum absolute atomic E-state index is 0.176. The highest BCUT2D eigenvalue weighted by molar-refractivity contribution is 5.87. The van der Waals surface area contributed by atoms with Crippen LogP contribution in [-0.4, -0.2) is 23.7 Å². The lowest BCUT2D eigenvalue weighted by atomic mass is 10.0. The van der Waals surface area contributed by atoms with Gasteiger partial charge in [0.15, 0.2) is 0 Å². The standard InChI is InChI=1S/C19H36O2.C4H6O2/c1-5-6-7-8-9-10-11-12-13-14-15-21-19(20)18(4)16-17(2)3;1-3(2)4(5)6/h17H,4-16H2,1-3H3;1H2,2H3,(H,5,6). The van der Waals surface area contributed by atoms with Crippen LogP contribution in [0, 0.1) is 5.92 Å².